The van der Waals surface area contributed by atoms with Gasteiger partial charge in [0, 0.05) is 24.5 Å². The molecule has 172 valence electrons. The third kappa shape index (κ3) is 4.38. The van der Waals surface area contributed by atoms with E-state index in [9.17, 15) is 13.2 Å². The number of nitrogens with two attached hydrogens (primary N) is 1. The first-order valence-electron chi connectivity index (χ1n) is 10.6. The molecule has 0 aromatic carbocycles. The van der Waals surface area contributed by atoms with Crippen LogP contribution in [-0.4, -0.2) is 41.4 Å². The van der Waals surface area contributed by atoms with Gasteiger partial charge in [0.25, 0.3) is 5.91 Å². The predicted molar refractivity (Wildman–Crippen MR) is 125 cm³/mol. The molecular formula is C23H26N6O3S. The number of hydrogen-bond acceptors (Lipinski definition) is 8. The van der Waals surface area contributed by atoms with Crippen LogP contribution in [0.5, 0.6) is 0 Å². The molecule has 0 spiro atoms. The second-order valence-electron chi connectivity index (χ2n) is 8.81. The van der Waals surface area contributed by atoms with Gasteiger partial charge in [-0.2, -0.15) is 0 Å². The summed E-state index contributed by atoms with van der Waals surface area (Å²) < 4.78 is 27.2. The highest BCUT2D eigenvalue weighted by Crippen LogP contribution is 2.39. The van der Waals surface area contributed by atoms with Crippen LogP contribution in [0.1, 0.15) is 37.6 Å². The Kier molecular flexibility index (Phi) is 5.79. The molecular weight excluding hydrogens is 440 g/mol. The van der Waals surface area contributed by atoms with Crippen molar-refractivity contribution in [2.45, 2.75) is 42.7 Å². The Labute approximate surface area is 193 Å². The average Bonchev–Trinajstić information content (AvgIpc) is 3.05. The lowest BCUT2D eigenvalue weighted by Crippen LogP contribution is -2.40. The monoisotopic (exact) mass is 466 g/mol. The first-order chi connectivity index (χ1) is 15.6. The van der Waals surface area contributed by atoms with Gasteiger partial charge >= 0.3 is 0 Å². The highest BCUT2D eigenvalue weighted by atomic mass is 32.2. The summed E-state index contributed by atoms with van der Waals surface area (Å²) in [5, 5.41) is 2.77. The van der Waals surface area contributed by atoms with Gasteiger partial charge in [-0.05, 0) is 56.5 Å². The van der Waals surface area contributed by atoms with Crippen molar-refractivity contribution in [3.8, 4) is 0 Å². The number of nitrogens with zero attached hydrogens (tertiary/aromatic N) is 4. The maximum atomic E-state index is 13.6. The molecule has 4 heterocycles. The molecule has 33 heavy (non-hydrogen) atoms. The van der Waals surface area contributed by atoms with Crippen LogP contribution in [0.2, 0.25) is 0 Å². The van der Waals surface area contributed by atoms with Crippen molar-refractivity contribution in [1.29, 1.82) is 0 Å². The first-order valence-corrected chi connectivity index (χ1v) is 12.0. The van der Waals surface area contributed by atoms with E-state index in [1.807, 2.05) is 18.7 Å². The highest BCUT2D eigenvalue weighted by molar-refractivity contribution is 7.91. The van der Waals surface area contributed by atoms with Crippen LogP contribution in [0.25, 0.3) is 0 Å². The van der Waals surface area contributed by atoms with E-state index in [4.69, 9.17) is 5.73 Å². The van der Waals surface area contributed by atoms with Crippen LogP contribution in [-0.2, 0) is 9.84 Å². The second-order valence-corrected chi connectivity index (χ2v) is 10.7. The van der Waals surface area contributed by atoms with Crippen LogP contribution in [0.4, 0.5) is 17.5 Å². The fourth-order valence-electron chi connectivity index (χ4n) is 4.37. The quantitative estimate of drug-likeness (QED) is 0.566. The van der Waals surface area contributed by atoms with Gasteiger partial charge in [0.1, 0.15) is 23.0 Å². The third-order valence-corrected chi connectivity index (χ3v) is 7.37. The summed E-state index contributed by atoms with van der Waals surface area (Å²) in [5.41, 5.74) is 5.28. The molecule has 1 aliphatic rings. The van der Waals surface area contributed by atoms with Crippen molar-refractivity contribution < 1.29 is 13.2 Å². The molecule has 1 unspecified atom stereocenters. The van der Waals surface area contributed by atoms with E-state index < -0.39 is 15.7 Å². The van der Waals surface area contributed by atoms with E-state index in [0.717, 1.165) is 6.42 Å². The highest BCUT2D eigenvalue weighted by Gasteiger charge is 2.40. The molecule has 1 fully saturated rings. The normalized spacial score (nSPS) is 17.7. The summed E-state index contributed by atoms with van der Waals surface area (Å²) in [6.07, 6.45) is 3.89. The molecule has 0 radical (unpaired) electrons. The minimum atomic E-state index is -4.17. The smallest absolute Gasteiger partial charge is 0.253 e. The lowest BCUT2D eigenvalue weighted by Gasteiger charge is -2.33. The molecule has 9 nitrogen and oxygen atoms in total. The van der Waals surface area contributed by atoms with Crippen LogP contribution in [0.15, 0.2) is 64.8 Å². The molecule has 1 amide bonds. The molecule has 0 aliphatic carbocycles. The van der Waals surface area contributed by atoms with Crippen LogP contribution >= 0.6 is 0 Å². The van der Waals surface area contributed by atoms with Gasteiger partial charge < -0.3 is 16.0 Å². The number of aromatic nitrogens is 3. The summed E-state index contributed by atoms with van der Waals surface area (Å²) >= 11 is 0. The van der Waals surface area contributed by atoms with Gasteiger partial charge in [-0.1, -0.05) is 19.1 Å². The molecule has 1 saturated heterocycles. The number of pyridine rings is 3. The molecule has 1 aliphatic heterocycles. The molecule has 3 N–H and O–H groups in total. The first kappa shape index (κ1) is 22.7. The lowest BCUT2D eigenvalue weighted by molar-refractivity contribution is 0.0997. The third-order valence-electron chi connectivity index (χ3n) is 5.68. The summed E-state index contributed by atoms with van der Waals surface area (Å²) in [7, 11) is -4.17. The Morgan fingerprint density at radius 3 is 2.48 bits per heavy atom. The van der Waals surface area contributed by atoms with Crippen molar-refractivity contribution in [3.05, 3.63) is 60.4 Å². The van der Waals surface area contributed by atoms with Gasteiger partial charge in [-0.3, -0.25) is 4.79 Å². The van der Waals surface area contributed by atoms with Crippen LogP contribution in [0, 0.1) is 5.92 Å². The molecule has 1 atom stereocenters. The fraction of sp³-hybridized carbons (Fsp3) is 0.304. The zero-order valence-corrected chi connectivity index (χ0v) is 19.5. The maximum Gasteiger partial charge on any atom is 0.253 e. The van der Waals surface area contributed by atoms with Crippen LogP contribution in [0.3, 0.4) is 0 Å². The van der Waals surface area contributed by atoms with Crippen molar-refractivity contribution in [3.63, 3.8) is 0 Å². The van der Waals surface area contributed by atoms with Crippen molar-refractivity contribution >= 4 is 33.2 Å². The number of carbonyl (C=O) groups excluding carboxylic acids is 1. The summed E-state index contributed by atoms with van der Waals surface area (Å²) in [4.78, 5) is 27.1. The molecule has 0 saturated carbocycles. The standard InChI is InChI=1S/C23H26N6O3S/c1-15-13-23(2,3)29(14-15)22-20(21(24)30)16(10-12-26-22)33(31,32)19-9-6-8-18(28-19)27-17-7-4-5-11-25-17/h4-12,15H,13-14H2,1-3H3,(H2,24,30)(H,25,27,28). The molecule has 0 bridgehead atoms. The van der Waals surface area contributed by atoms with Crippen LogP contribution < -0.4 is 16.0 Å². The Hall–Kier alpha value is -3.53. The molecule has 3 aromatic rings. The number of anilines is 3. The zero-order chi connectivity index (χ0) is 23.8. The van der Waals surface area contributed by atoms with Gasteiger partial charge in [0.2, 0.25) is 9.84 Å². The number of rotatable bonds is 6. The number of hydrogen-bond donors (Lipinski definition) is 2. The summed E-state index contributed by atoms with van der Waals surface area (Å²) in [6, 6.07) is 11.2. The topological polar surface area (TPSA) is 131 Å². The second kappa shape index (κ2) is 8.43. The van der Waals surface area contributed by atoms with E-state index in [1.54, 1.807) is 36.5 Å². The molecule has 3 aromatic heterocycles. The predicted octanol–water partition coefficient (Wildman–Crippen LogP) is 3.17. The van der Waals surface area contributed by atoms with E-state index in [2.05, 4.69) is 27.2 Å². The number of amides is 1. The van der Waals surface area contributed by atoms with Gasteiger partial charge in [0.05, 0.1) is 4.90 Å². The SMILES string of the molecule is CC1CN(c2nccc(S(=O)(=O)c3cccc(Nc4ccccn4)n3)c2C(N)=O)C(C)(C)C1. The number of carbonyl (C=O) groups is 1. The van der Waals surface area contributed by atoms with Gasteiger partial charge in [0.15, 0.2) is 5.03 Å². The Morgan fingerprint density at radius 2 is 1.85 bits per heavy atom. The molecule has 10 heteroatoms. The van der Waals surface area contributed by atoms with E-state index in [0.29, 0.717) is 24.1 Å². The molecule has 4 rings (SSSR count). The van der Waals surface area contributed by atoms with Gasteiger partial charge in [-0.15, -0.1) is 0 Å². The fourth-order valence-corrected chi connectivity index (χ4v) is 5.77. The van der Waals surface area contributed by atoms with Crippen molar-refractivity contribution in [1.82, 2.24) is 15.0 Å². The Morgan fingerprint density at radius 1 is 1.09 bits per heavy atom. The summed E-state index contributed by atoms with van der Waals surface area (Å²) in [6.45, 7) is 6.83. The number of nitrogens with one attached hydrogen (secondary N) is 1. The average molecular weight is 467 g/mol. The largest absolute Gasteiger partial charge is 0.365 e. The van der Waals surface area contributed by atoms with E-state index in [1.165, 1.54) is 18.3 Å². The van der Waals surface area contributed by atoms with E-state index in [-0.39, 0.29) is 26.8 Å². The summed E-state index contributed by atoms with van der Waals surface area (Å²) in [5.74, 6) is 0.613. The Balaban J connectivity index is 1.79. The number of sulfone groups is 1. The van der Waals surface area contributed by atoms with Crippen molar-refractivity contribution in [2.24, 2.45) is 11.7 Å². The van der Waals surface area contributed by atoms with Gasteiger partial charge in [-0.25, -0.2) is 23.4 Å². The minimum absolute atomic E-state index is 0.121. The minimum Gasteiger partial charge on any atom is -0.365 e. The van der Waals surface area contributed by atoms with Crippen molar-refractivity contribution in [2.75, 3.05) is 16.8 Å². The van der Waals surface area contributed by atoms with E-state index >= 15 is 0 Å². The number of primary amides is 1. The maximum absolute atomic E-state index is 13.6. The zero-order valence-electron chi connectivity index (χ0n) is 18.7. The lowest BCUT2D eigenvalue weighted by atomic mass is 9.97. The Bertz CT molecular complexity index is 1290.